The molecule has 7 heteroatoms. The van der Waals surface area contributed by atoms with E-state index in [2.05, 4.69) is 15.2 Å². The minimum Gasteiger partial charge on any atom is -0.358 e. The second-order valence-electron chi connectivity index (χ2n) is 4.75. The number of rotatable bonds is 4. The van der Waals surface area contributed by atoms with Crippen LogP contribution < -0.4 is 5.32 Å². The van der Waals surface area contributed by atoms with Crippen molar-refractivity contribution in [2.75, 3.05) is 20.1 Å². The van der Waals surface area contributed by atoms with Gasteiger partial charge < -0.3 is 20.0 Å². The highest BCUT2D eigenvalue weighted by Gasteiger charge is 2.25. The molecular formula is C11H19N5O2. The average molecular weight is 253 g/mol. The van der Waals surface area contributed by atoms with Crippen molar-refractivity contribution in [3.05, 3.63) is 22.1 Å². The number of nitrogens with one attached hydrogen (secondary N) is 1. The van der Waals surface area contributed by atoms with Gasteiger partial charge in [0, 0.05) is 26.2 Å². The molecule has 1 unspecified atom stereocenters. The fraction of sp³-hybridized carbons (Fsp3) is 0.727. The number of nitrogens with zero attached hydrogens (tertiary/aromatic N) is 4. The molecule has 18 heavy (non-hydrogen) atoms. The Morgan fingerprint density at radius 1 is 1.67 bits per heavy atom. The van der Waals surface area contributed by atoms with Crippen LogP contribution in [-0.2, 0) is 13.6 Å². The first-order chi connectivity index (χ1) is 8.61. The lowest BCUT2D eigenvalue weighted by Gasteiger charge is -2.32. The Bertz CT molecular complexity index is 431. The van der Waals surface area contributed by atoms with E-state index in [4.69, 9.17) is 0 Å². The van der Waals surface area contributed by atoms with Gasteiger partial charge in [-0.05, 0) is 36.3 Å². The molecule has 1 fully saturated rings. The van der Waals surface area contributed by atoms with Crippen molar-refractivity contribution in [3.8, 4) is 0 Å². The smallest absolute Gasteiger partial charge is 0.358 e. The summed E-state index contributed by atoms with van der Waals surface area (Å²) >= 11 is 0. The Morgan fingerprint density at radius 3 is 3.11 bits per heavy atom. The number of hydrogen-bond acceptors (Lipinski definition) is 5. The standard InChI is InChI=1S/C11H19N5O2/c1-12-9-4-3-5-15(6-9)7-10-11(16(17)18)13-8-14(10)2/h8-9,12H,3-7H2,1-2H3. The van der Waals surface area contributed by atoms with E-state index >= 15 is 0 Å². The molecule has 0 aliphatic carbocycles. The zero-order valence-corrected chi connectivity index (χ0v) is 10.8. The summed E-state index contributed by atoms with van der Waals surface area (Å²) in [6.07, 6.45) is 3.80. The molecule has 0 saturated carbocycles. The molecule has 1 aromatic rings. The van der Waals surface area contributed by atoms with Crippen molar-refractivity contribution in [1.29, 1.82) is 0 Å². The van der Waals surface area contributed by atoms with Gasteiger partial charge in [0.15, 0.2) is 0 Å². The van der Waals surface area contributed by atoms with Crippen molar-refractivity contribution in [2.45, 2.75) is 25.4 Å². The van der Waals surface area contributed by atoms with Crippen molar-refractivity contribution < 1.29 is 4.92 Å². The predicted octanol–water partition coefficient (Wildman–Crippen LogP) is 0.512. The molecule has 1 atom stereocenters. The lowest BCUT2D eigenvalue weighted by molar-refractivity contribution is -0.390. The van der Waals surface area contributed by atoms with Gasteiger partial charge in [0.2, 0.25) is 6.33 Å². The van der Waals surface area contributed by atoms with Crippen LogP contribution in [0.25, 0.3) is 0 Å². The number of hydrogen-bond donors (Lipinski definition) is 1. The van der Waals surface area contributed by atoms with Crippen molar-refractivity contribution >= 4 is 5.82 Å². The van der Waals surface area contributed by atoms with Gasteiger partial charge >= 0.3 is 5.82 Å². The van der Waals surface area contributed by atoms with Gasteiger partial charge in [0.1, 0.15) is 5.69 Å². The number of aromatic nitrogens is 2. The fourth-order valence-corrected chi connectivity index (χ4v) is 2.42. The van der Waals surface area contributed by atoms with E-state index in [9.17, 15) is 10.1 Å². The van der Waals surface area contributed by atoms with E-state index in [1.54, 1.807) is 11.6 Å². The highest BCUT2D eigenvalue weighted by Crippen LogP contribution is 2.19. The normalized spacial score (nSPS) is 21.1. The summed E-state index contributed by atoms with van der Waals surface area (Å²) < 4.78 is 1.74. The van der Waals surface area contributed by atoms with E-state index < -0.39 is 4.92 Å². The molecule has 0 spiro atoms. The third kappa shape index (κ3) is 2.68. The summed E-state index contributed by atoms with van der Waals surface area (Å²) in [4.78, 5) is 16.6. The van der Waals surface area contributed by atoms with Crippen LogP contribution in [0.5, 0.6) is 0 Å². The lowest BCUT2D eigenvalue weighted by atomic mass is 10.1. The largest absolute Gasteiger partial charge is 0.386 e. The molecule has 0 radical (unpaired) electrons. The first-order valence-corrected chi connectivity index (χ1v) is 6.16. The van der Waals surface area contributed by atoms with Gasteiger partial charge in [0.25, 0.3) is 0 Å². The number of likely N-dealkylation sites (N-methyl/N-ethyl adjacent to an activating group) is 1. The molecule has 1 saturated heterocycles. The summed E-state index contributed by atoms with van der Waals surface area (Å²) in [6.45, 7) is 2.50. The van der Waals surface area contributed by atoms with Crippen LogP contribution >= 0.6 is 0 Å². The molecule has 7 nitrogen and oxygen atoms in total. The SMILES string of the molecule is CNC1CCCN(Cc2c([N+](=O)[O-])ncn2C)C1. The van der Waals surface area contributed by atoms with Crippen LogP contribution in [0, 0.1) is 10.1 Å². The summed E-state index contributed by atoms with van der Waals surface area (Å²) in [5.74, 6) is -0.0240. The summed E-state index contributed by atoms with van der Waals surface area (Å²) in [5, 5.41) is 14.2. The zero-order valence-electron chi connectivity index (χ0n) is 10.8. The van der Waals surface area contributed by atoms with Gasteiger partial charge in [-0.25, -0.2) is 0 Å². The molecule has 2 rings (SSSR count). The topological polar surface area (TPSA) is 76.2 Å². The molecule has 1 aromatic heterocycles. The predicted molar refractivity (Wildman–Crippen MR) is 67.2 cm³/mol. The van der Waals surface area contributed by atoms with Crippen LogP contribution in [0.1, 0.15) is 18.5 Å². The third-order valence-electron chi connectivity index (χ3n) is 3.50. The Balaban J connectivity index is 2.09. The molecule has 0 aromatic carbocycles. The quantitative estimate of drug-likeness (QED) is 0.625. The zero-order chi connectivity index (χ0) is 13.1. The number of aryl methyl sites for hydroxylation is 1. The van der Waals surface area contributed by atoms with Crippen LogP contribution in [0.15, 0.2) is 6.33 Å². The molecule has 0 bridgehead atoms. The number of nitro groups is 1. The fourth-order valence-electron chi connectivity index (χ4n) is 2.42. The minimum atomic E-state index is -0.408. The summed E-state index contributed by atoms with van der Waals surface area (Å²) in [6, 6.07) is 0.478. The summed E-state index contributed by atoms with van der Waals surface area (Å²) in [5.41, 5.74) is 0.678. The monoisotopic (exact) mass is 253 g/mol. The maximum Gasteiger partial charge on any atom is 0.386 e. The van der Waals surface area contributed by atoms with Crippen LogP contribution in [0.4, 0.5) is 5.82 Å². The first-order valence-electron chi connectivity index (χ1n) is 6.16. The highest BCUT2D eigenvalue weighted by atomic mass is 16.6. The Morgan fingerprint density at radius 2 is 2.44 bits per heavy atom. The maximum absolute atomic E-state index is 10.9. The molecular weight excluding hydrogens is 234 g/mol. The van der Waals surface area contributed by atoms with Gasteiger partial charge in [-0.1, -0.05) is 0 Å². The van der Waals surface area contributed by atoms with E-state index in [-0.39, 0.29) is 5.82 Å². The maximum atomic E-state index is 10.9. The second-order valence-corrected chi connectivity index (χ2v) is 4.75. The van der Waals surface area contributed by atoms with Crippen LogP contribution in [0.2, 0.25) is 0 Å². The van der Waals surface area contributed by atoms with E-state index in [1.165, 1.54) is 12.7 Å². The van der Waals surface area contributed by atoms with Crippen LogP contribution in [0.3, 0.4) is 0 Å². The number of imidazole rings is 1. The highest BCUT2D eigenvalue weighted by molar-refractivity contribution is 5.26. The van der Waals surface area contributed by atoms with Gasteiger partial charge in [-0.2, -0.15) is 0 Å². The Kier molecular flexibility index (Phi) is 3.93. The van der Waals surface area contributed by atoms with Gasteiger partial charge in [-0.3, -0.25) is 4.90 Å². The molecule has 1 N–H and O–H groups in total. The minimum absolute atomic E-state index is 0.0240. The summed E-state index contributed by atoms with van der Waals surface area (Å²) in [7, 11) is 3.76. The van der Waals surface area contributed by atoms with Crippen molar-refractivity contribution in [3.63, 3.8) is 0 Å². The molecule has 1 aliphatic heterocycles. The Hall–Kier alpha value is -1.47. The van der Waals surface area contributed by atoms with E-state index in [0.29, 0.717) is 18.3 Å². The second kappa shape index (κ2) is 5.45. The number of likely N-dealkylation sites (tertiary alicyclic amines) is 1. The van der Waals surface area contributed by atoms with Gasteiger partial charge in [0.05, 0.1) is 0 Å². The van der Waals surface area contributed by atoms with E-state index in [0.717, 1.165) is 19.5 Å². The van der Waals surface area contributed by atoms with E-state index in [1.807, 2.05) is 7.05 Å². The third-order valence-corrected chi connectivity index (χ3v) is 3.50. The van der Waals surface area contributed by atoms with Gasteiger partial charge in [-0.15, -0.1) is 0 Å². The Labute approximate surface area is 106 Å². The average Bonchev–Trinajstić information content (AvgIpc) is 2.71. The molecule has 100 valence electrons. The number of piperidine rings is 1. The molecule has 1 aliphatic rings. The molecule has 2 heterocycles. The lowest BCUT2D eigenvalue weighted by Crippen LogP contribution is -2.44. The van der Waals surface area contributed by atoms with Crippen LogP contribution in [-0.4, -0.2) is 45.6 Å². The molecule has 0 amide bonds. The van der Waals surface area contributed by atoms with Crippen molar-refractivity contribution in [2.24, 2.45) is 7.05 Å². The van der Waals surface area contributed by atoms with Crippen molar-refractivity contribution in [1.82, 2.24) is 19.8 Å². The first kappa shape index (κ1) is 13.0.